The van der Waals surface area contributed by atoms with E-state index in [-0.39, 0.29) is 0 Å². The fourth-order valence-corrected chi connectivity index (χ4v) is 2.47. The number of hydrogen-bond acceptors (Lipinski definition) is 2. The number of hydrogen-bond donors (Lipinski definition) is 1. The summed E-state index contributed by atoms with van der Waals surface area (Å²) in [7, 11) is 0. The number of rotatable bonds is 5. The molecule has 0 aliphatic carbocycles. The smallest absolute Gasteiger partial charge is 0.335 e. The molecule has 0 saturated carbocycles. The second-order valence-electron chi connectivity index (χ2n) is 4.85. The Morgan fingerprint density at radius 3 is 2.48 bits per heavy atom. The third-order valence-electron chi connectivity index (χ3n) is 3.29. The van der Waals surface area contributed by atoms with Crippen molar-refractivity contribution >= 4 is 28.6 Å². The fraction of sp³-hybridized carbons (Fsp3) is 0.235. The Balaban J connectivity index is 2.34. The molecule has 4 heteroatoms. The van der Waals surface area contributed by atoms with Crippen molar-refractivity contribution in [2.45, 2.75) is 13.8 Å². The second kappa shape index (κ2) is 6.93. The molecule has 3 nitrogen and oxygen atoms in total. The molecule has 0 atom stereocenters. The van der Waals surface area contributed by atoms with Gasteiger partial charge in [-0.25, -0.2) is 4.79 Å². The van der Waals surface area contributed by atoms with Crippen LogP contribution >= 0.6 is 22.6 Å². The molecular formula is C17H17IO3. The van der Waals surface area contributed by atoms with Gasteiger partial charge in [0.15, 0.2) is 0 Å². The lowest BCUT2D eigenvalue weighted by molar-refractivity contribution is 0.0697. The van der Waals surface area contributed by atoms with Crippen LogP contribution in [0.4, 0.5) is 0 Å². The van der Waals surface area contributed by atoms with Crippen LogP contribution < -0.4 is 4.74 Å². The van der Waals surface area contributed by atoms with Crippen molar-refractivity contribution in [1.29, 1.82) is 0 Å². The number of benzene rings is 2. The Kier molecular flexibility index (Phi) is 5.22. The minimum atomic E-state index is -0.900. The van der Waals surface area contributed by atoms with E-state index < -0.39 is 5.97 Å². The van der Waals surface area contributed by atoms with Crippen LogP contribution in [0.2, 0.25) is 0 Å². The van der Waals surface area contributed by atoms with E-state index in [1.165, 1.54) is 0 Å². The number of carboxylic acid groups (broad SMARTS) is 1. The first kappa shape index (κ1) is 15.8. The summed E-state index contributed by atoms with van der Waals surface area (Å²) in [6.45, 7) is 4.65. The van der Waals surface area contributed by atoms with Crippen LogP contribution in [0.1, 0.15) is 21.5 Å². The minimum absolute atomic E-state index is 0.315. The Hall–Kier alpha value is -1.56. The lowest BCUT2D eigenvalue weighted by Crippen LogP contribution is -2.00. The highest BCUT2D eigenvalue weighted by molar-refractivity contribution is 14.1. The Labute approximate surface area is 138 Å². The van der Waals surface area contributed by atoms with E-state index in [9.17, 15) is 4.79 Å². The van der Waals surface area contributed by atoms with E-state index in [2.05, 4.69) is 28.7 Å². The zero-order valence-corrected chi connectivity index (χ0v) is 14.2. The van der Waals surface area contributed by atoms with Gasteiger partial charge in [-0.1, -0.05) is 34.7 Å². The molecule has 2 rings (SSSR count). The molecule has 0 aliphatic rings. The quantitative estimate of drug-likeness (QED) is 0.599. The summed E-state index contributed by atoms with van der Waals surface area (Å²) in [6, 6.07) is 11.3. The summed E-state index contributed by atoms with van der Waals surface area (Å²) in [5.41, 5.74) is 4.47. The molecule has 0 aromatic heterocycles. The summed E-state index contributed by atoms with van der Waals surface area (Å²) in [5, 5.41) is 9.02. The van der Waals surface area contributed by atoms with Crippen LogP contribution in [0.25, 0.3) is 11.1 Å². The van der Waals surface area contributed by atoms with Gasteiger partial charge in [-0.05, 0) is 60.4 Å². The maximum atomic E-state index is 11.0. The molecule has 0 spiro atoms. The monoisotopic (exact) mass is 396 g/mol. The van der Waals surface area contributed by atoms with E-state index in [0.29, 0.717) is 12.2 Å². The standard InChI is InChI=1S/C17H17IO3/c1-11-9-14(17(19)20)3-5-15(11)13-4-6-16(12(2)10-13)21-8-7-18/h3-6,9-10H,7-8H2,1-2H3,(H,19,20). The predicted molar refractivity (Wildman–Crippen MR) is 92.7 cm³/mol. The number of carbonyl (C=O) groups is 1. The number of halogens is 1. The molecule has 0 radical (unpaired) electrons. The van der Waals surface area contributed by atoms with Crippen LogP contribution in [0, 0.1) is 13.8 Å². The van der Waals surface area contributed by atoms with E-state index in [1.54, 1.807) is 12.1 Å². The summed E-state index contributed by atoms with van der Waals surface area (Å²) in [5.74, 6) is -0.00129. The molecule has 0 fully saturated rings. The molecule has 0 unspecified atom stereocenters. The largest absolute Gasteiger partial charge is 0.493 e. The first-order chi connectivity index (χ1) is 10.0. The lowest BCUT2D eigenvalue weighted by Gasteiger charge is -2.12. The van der Waals surface area contributed by atoms with Crippen molar-refractivity contribution in [2.24, 2.45) is 0 Å². The predicted octanol–water partition coefficient (Wildman–Crippen LogP) is 4.48. The molecule has 0 aliphatic heterocycles. The highest BCUT2D eigenvalue weighted by Gasteiger charge is 2.09. The van der Waals surface area contributed by atoms with Gasteiger partial charge in [0.1, 0.15) is 5.75 Å². The van der Waals surface area contributed by atoms with Crippen molar-refractivity contribution in [3.63, 3.8) is 0 Å². The van der Waals surface area contributed by atoms with Crippen molar-refractivity contribution in [3.05, 3.63) is 53.1 Å². The topological polar surface area (TPSA) is 46.5 Å². The minimum Gasteiger partial charge on any atom is -0.493 e. The second-order valence-corrected chi connectivity index (χ2v) is 5.93. The lowest BCUT2D eigenvalue weighted by atomic mass is 9.97. The zero-order chi connectivity index (χ0) is 15.4. The molecule has 0 saturated heterocycles. The molecule has 2 aromatic carbocycles. The third-order valence-corrected chi connectivity index (χ3v) is 3.73. The molecule has 0 amide bonds. The Morgan fingerprint density at radius 2 is 1.90 bits per heavy atom. The summed E-state index contributed by atoms with van der Waals surface area (Å²) < 4.78 is 6.63. The first-order valence-electron chi connectivity index (χ1n) is 6.66. The maximum Gasteiger partial charge on any atom is 0.335 e. The molecule has 1 N–H and O–H groups in total. The third kappa shape index (κ3) is 3.75. The molecule has 2 aromatic rings. The van der Waals surface area contributed by atoms with Crippen LogP contribution in [0.3, 0.4) is 0 Å². The normalized spacial score (nSPS) is 10.4. The Morgan fingerprint density at radius 1 is 1.14 bits per heavy atom. The van der Waals surface area contributed by atoms with Gasteiger partial charge in [0.25, 0.3) is 0 Å². The molecule has 110 valence electrons. The zero-order valence-electron chi connectivity index (χ0n) is 12.0. The first-order valence-corrected chi connectivity index (χ1v) is 8.19. The van der Waals surface area contributed by atoms with Gasteiger partial charge in [0.05, 0.1) is 12.2 Å². The van der Waals surface area contributed by atoms with E-state index in [4.69, 9.17) is 9.84 Å². The van der Waals surface area contributed by atoms with Gasteiger partial charge in [-0.15, -0.1) is 0 Å². The molecule has 0 bridgehead atoms. The Bertz CT molecular complexity index is 665. The molecule has 0 heterocycles. The fourth-order valence-electron chi connectivity index (χ4n) is 2.25. The summed E-state index contributed by atoms with van der Waals surface area (Å²) in [4.78, 5) is 11.0. The van der Waals surface area contributed by atoms with Gasteiger partial charge in [-0.3, -0.25) is 0 Å². The van der Waals surface area contributed by atoms with Gasteiger partial charge in [-0.2, -0.15) is 0 Å². The highest BCUT2D eigenvalue weighted by Crippen LogP contribution is 2.29. The number of aromatic carboxylic acids is 1. The number of ether oxygens (including phenoxy) is 1. The van der Waals surface area contributed by atoms with Crippen LogP contribution in [-0.4, -0.2) is 22.1 Å². The van der Waals surface area contributed by atoms with Gasteiger partial charge >= 0.3 is 5.97 Å². The van der Waals surface area contributed by atoms with Gasteiger partial charge in [0, 0.05) is 4.43 Å². The highest BCUT2D eigenvalue weighted by atomic mass is 127. The van der Waals surface area contributed by atoms with Crippen molar-refractivity contribution in [2.75, 3.05) is 11.0 Å². The van der Waals surface area contributed by atoms with E-state index >= 15 is 0 Å². The van der Waals surface area contributed by atoms with Crippen molar-refractivity contribution < 1.29 is 14.6 Å². The average molecular weight is 396 g/mol. The van der Waals surface area contributed by atoms with Crippen LogP contribution in [0.5, 0.6) is 5.75 Å². The van der Waals surface area contributed by atoms with Crippen LogP contribution in [-0.2, 0) is 0 Å². The molecule has 21 heavy (non-hydrogen) atoms. The van der Waals surface area contributed by atoms with Crippen molar-refractivity contribution in [1.82, 2.24) is 0 Å². The summed E-state index contributed by atoms with van der Waals surface area (Å²) in [6.07, 6.45) is 0. The number of aryl methyl sites for hydroxylation is 2. The van der Waals surface area contributed by atoms with E-state index in [0.717, 1.165) is 32.4 Å². The van der Waals surface area contributed by atoms with Crippen LogP contribution in [0.15, 0.2) is 36.4 Å². The van der Waals surface area contributed by atoms with E-state index in [1.807, 2.05) is 32.0 Å². The number of alkyl halides is 1. The number of carboxylic acids is 1. The molecular weight excluding hydrogens is 379 g/mol. The van der Waals surface area contributed by atoms with Gasteiger partial charge < -0.3 is 9.84 Å². The SMILES string of the molecule is Cc1cc(-c2ccc(C(=O)O)cc2C)ccc1OCCI. The van der Waals surface area contributed by atoms with Gasteiger partial charge in [0.2, 0.25) is 0 Å². The maximum absolute atomic E-state index is 11.0. The summed E-state index contributed by atoms with van der Waals surface area (Å²) >= 11 is 2.28. The average Bonchev–Trinajstić information content (AvgIpc) is 2.45. The van der Waals surface area contributed by atoms with Crippen molar-refractivity contribution in [3.8, 4) is 16.9 Å².